The Morgan fingerprint density at radius 3 is 2.75 bits per heavy atom. The van der Waals surface area contributed by atoms with E-state index in [9.17, 15) is 18.7 Å². The van der Waals surface area contributed by atoms with Crippen molar-refractivity contribution < 1.29 is 23.4 Å². The molecular weight excluding hydrogens is 320 g/mol. The van der Waals surface area contributed by atoms with Gasteiger partial charge >= 0.3 is 0 Å². The normalized spacial score (nSPS) is 20.2. The molecule has 2 heterocycles. The molecule has 1 aliphatic heterocycles. The summed E-state index contributed by atoms with van der Waals surface area (Å²) in [5, 5.41) is 17.4. The average molecular weight is 335 g/mol. The standard InChI is InChI=1S/C16H15F2N3O3/c1-24-15-5-4-13(19-20-15)16(23)21-8-10(22)7-14(21)11-6-9(17)2-3-12(11)18/h2-6,10,14,22H,7-8H2,1H3/t10-,14-/m1/s1. The highest BCUT2D eigenvalue weighted by Crippen LogP contribution is 2.34. The molecule has 0 saturated carbocycles. The Labute approximate surface area is 136 Å². The Hall–Kier alpha value is -2.61. The lowest BCUT2D eigenvalue weighted by molar-refractivity contribution is 0.0706. The molecule has 1 fully saturated rings. The van der Waals surface area contributed by atoms with Crippen molar-refractivity contribution in [2.24, 2.45) is 0 Å². The molecule has 0 bridgehead atoms. The Balaban J connectivity index is 1.92. The number of β-amino-alcohol motifs (C(OH)–C–C–N with tert-alkyl or cyclic N) is 1. The number of methoxy groups -OCH3 is 1. The lowest BCUT2D eigenvalue weighted by Crippen LogP contribution is -2.33. The van der Waals surface area contributed by atoms with Crippen LogP contribution >= 0.6 is 0 Å². The molecule has 2 aromatic rings. The molecule has 1 amide bonds. The SMILES string of the molecule is COc1ccc(C(=O)N2C[C@H](O)C[C@@H]2c2cc(F)ccc2F)nn1. The number of aliphatic hydroxyl groups excluding tert-OH is 1. The summed E-state index contributed by atoms with van der Waals surface area (Å²) >= 11 is 0. The molecule has 1 aliphatic rings. The van der Waals surface area contributed by atoms with Gasteiger partial charge in [-0.3, -0.25) is 4.79 Å². The molecule has 3 rings (SSSR count). The second kappa shape index (κ2) is 6.48. The molecule has 1 aromatic heterocycles. The molecule has 126 valence electrons. The summed E-state index contributed by atoms with van der Waals surface area (Å²) < 4.78 is 32.4. The number of halogens is 2. The van der Waals surface area contributed by atoms with Crippen LogP contribution in [0.1, 0.15) is 28.5 Å². The van der Waals surface area contributed by atoms with Gasteiger partial charge in [0.1, 0.15) is 11.6 Å². The minimum absolute atomic E-state index is 0.00711. The van der Waals surface area contributed by atoms with E-state index < -0.39 is 29.7 Å². The minimum atomic E-state index is -0.826. The number of carbonyl (C=O) groups excluding carboxylic acids is 1. The van der Waals surface area contributed by atoms with Gasteiger partial charge in [-0.15, -0.1) is 10.2 Å². The van der Waals surface area contributed by atoms with E-state index in [1.54, 1.807) is 0 Å². The summed E-state index contributed by atoms with van der Waals surface area (Å²) in [5.74, 6) is -1.50. The molecule has 0 spiro atoms. The van der Waals surface area contributed by atoms with E-state index >= 15 is 0 Å². The molecule has 0 radical (unpaired) electrons. The number of hydrogen-bond acceptors (Lipinski definition) is 5. The lowest BCUT2D eigenvalue weighted by atomic mass is 10.0. The zero-order chi connectivity index (χ0) is 17.3. The van der Waals surface area contributed by atoms with Gasteiger partial charge in [0.15, 0.2) is 5.69 Å². The topological polar surface area (TPSA) is 75.5 Å². The number of carbonyl (C=O) groups is 1. The molecular formula is C16H15F2N3O3. The first-order chi connectivity index (χ1) is 11.5. The van der Waals surface area contributed by atoms with Gasteiger partial charge in [0.2, 0.25) is 5.88 Å². The highest BCUT2D eigenvalue weighted by Gasteiger charge is 2.37. The smallest absolute Gasteiger partial charge is 0.274 e. The van der Waals surface area contributed by atoms with E-state index in [0.29, 0.717) is 0 Å². The van der Waals surface area contributed by atoms with Crippen molar-refractivity contribution in [2.75, 3.05) is 13.7 Å². The minimum Gasteiger partial charge on any atom is -0.480 e. The molecule has 0 aliphatic carbocycles. The number of likely N-dealkylation sites (tertiary alicyclic amines) is 1. The van der Waals surface area contributed by atoms with Crippen LogP contribution in [0.15, 0.2) is 30.3 Å². The maximum atomic E-state index is 14.1. The van der Waals surface area contributed by atoms with Crippen molar-refractivity contribution >= 4 is 5.91 Å². The van der Waals surface area contributed by atoms with Gasteiger partial charge in [0, 0.05) is 18.2 Å². The summed E-state index contributed by atoms with van der Waals surface area (Å²) in [5.41, 5.74) is 0.0630. The molecule has 6 nitrogen and oxygen atoms in total. The Kier molecular flexibility index (Phi) is 4.39. The third-order valence-electron chi connectivity index (χ3n) is 3.93. The first kappa shape index (κ1) is 16.3. The van der Waals surface area contributed by atoms with Crippen molar-refractivity contribution in [3.05, 3.63) is 53.2 Å². The van der Waals surface area contributed by atoms with E-state index in [0.717, 1.165) is 18.2 Å². The van der Waals surface area contributed by atoms with Crippen LogP contribution in [0.25, 0.3) is 0 Å². The third kappa shape index (κ3) is 3.05. The van der Waals surface area contributed by atoms with E-state index in [-0.39, 0.29) is 30.1 Å². The van der Waals surface area contributed by atoms with Gasteiger partial charge in [0.25, 0.3) is 5.91 Å². The molecule has 1 aromatic carbocycles. The van der Waals surface area contributed by atoms with E-state index in [1.807, 2.05) is 0 Å². The lowest BCUT2D eigenvalue weighted by Gasteiger charge is -2.24. The molecule has 0 unspecified atom stereocenters. The molecule has 24 heavy (non-hydrogen) atoms. The zero-order valence-corrected chi connectivity index (χ0v) is 12.8. The third-order valence-corrected chi connectivity index (χ3v) is 3.93. The average Bonchev–Trinajstić information content (AvgIpc) is 2.98. The maximum absolute atomic E-state index is 14.1. The van der Waals surface area contributed by atoms with Crippen LogP contribution in [-0.2, 0) is 0 Å². The Morgan fingerprint density at radius 2 is 2.08 bits per heavy atom. The number of nitrogens with zero attached hydrogens (tertiary/aromatic N) is 3. The fraction of sp³-hybridized carbons (Fsp3) is 0.312. The monoisotopic (exact) mass is 335 g/mol. The zero-order valence-electron chi connectivity index (χ0n) is 12.8. The number of ether oxygens (including phenoxy) is 1. The van der Waals surface area contributed by atoms with Crippen LogP contribution in [0.4, 0.5) is 8.78 Å². The fourth-order valence-electron chi connectivity index (χ4n) is 2.79. The summed E-state index contributed by atoms with van der Waals surface area (Å²) in [6.45, 7) is 0.00711. The molecule has 1 N–H and O–H groups in total. The van der Waals surface area contributed by atoms with Gasteiger partial charge in [-0.1, -0.05) is 0 Å². The second-order valence-corrected chi connectivity index (χ2v) is 5.49. The molecule has 1 saturated heterocycles. The van der Waals surface area contributed by atoms with Crippen molar-refractivity contribution in [3.63, 3.8) is 0 Å². The van der Waals surface area contributed by atoms with Crippen molar-refractivity contribution in [1.29, 1.82) is 0 Å². The van der Waals surface area contributed by atoms with Gasteiger partial charge in [0.05, 0.1) is 19.3 Å². The number of hydrogen-bond donors (Lipinski definition) is 1. The van der Waals surface area contributed by atoms with E-state index in [4.69, 9.17) is 4.74 Å². The van der Waals surface area contributed by atoms with E-state index in [2.05, 4.69) is 10.2 Å². The summed E-state index contributed by atoms with van der Waals surface area (Å²) in [4.78, 5) is 13.9. The van der Waals surface area contributed by atoms with Crippen LogP contribution in [0, 0.1) is 11.6 Å². The highest BCUT2D eigenvalue weighted by atomic mass is 19.1. The number of benzene rings is 1. The summed E-state index contributed by atoms with van der Waals surface area (Å²) in [6.07, 6.45) is -0.705. The predicted molar refractivity (Wildman–Crippen MR) is 79.3 cm³/mol. The summed E-state index contributed by atoms with van der Waals surface area (Å²) in [7, 11) is 1.42. The van der Waals surface area contributed by atoms with Crippen molar-refractivity contribution in [2.45, 2.75) is 18.6 Å². The van der Waals surface area contributed by atoms with Gasteiger partial charge in [-0.05, 0) is 30.7 Å². The fourth-order valence-corrected chi connectivity index (χ4v) is 2.79. The maximum Gasteiger partial charge on any atom is 0.274 e. The first-order valence-electron chi connectivity index (χ1n) is 7.31. The highest BCUT2D eigenvalue weighted by molar-refractivity contribution is 5.92. The van der Waals surface area contributed by atoms with Gasteiger partial charge in [-0.25, -0.2) is 8.78 Å². The molecule has 8 heteroatoms. The Morgan fingerprint density at radius 1 is 1.29 bits per heavy atom. The molecule has 2 atom stereocenters. The van der Waals surface area contributed by atoms with E-state index in [1.165, 1.54) is 24.1 Å². The first-order valence-corrected chi connectivity index (χ1v) is 7.31. The Bertz CT molecular complexity index is 755. The van der Waals surface area contributed by atoms with Crippen LogP contribution < -0.4 is 4.74 Å². The number of aliphatic hydroxyl groups is 1. The van der Waals surface area contributed by atoms with Crippen LogP contribution in [0.5, 0.6) is 5.88 Å². The number of aromatic nitrogens is 2. The van der Waals surface area contributed by atoms with Gasteiger partial charge in [-0.2, -0.15) is 0 Å². The number of amides is 1. The van der Waals surface area contributed by atoms with Gasteiger partial charge < -0.3 is 14.7 Å². The van der Waals surface area contributed by atoms with Crippen LogP contribution in [-0.4, -0.2) is 45.9 Å². The van der Waals surface area contributed by atoms with Crippen molar-refractivity contribution in [1.82, 2.24) is 15.1 Å². The van der Waals surface area contributed by atoms with Crippen LogP contribution in [0.2, 0.25) is 0 Å². The van der Waals surface area contributed by atoms with Crippen molar-refractivity contribution in [3.8, 4) is 5.88 Å². The quantitative estimate of drug-likeness (QED) is 0.924. The second-order valence-electron chi connectivity index (χ2n) is 5.49. The van der Waals surface area contributed by atoms with Crippen LogP contribution in [0.3, 0.4) is 0 Å². The summed E-state index contributed by atoms with van der Waals surface area (Å²) in [6, 6.07) is 5.18. The largest absolute Gasteiger partial charge is 0.480 e. The number of rotatable bonds is 3. The predicted octanol–water partition coefficient (Wildman–Crippen LogP) is 1.71.